The Morgan fingerprint density at radius 3 is 2.55 bits per heavy atom. The first-order valence-corrected chi connectivity index (χ1v) is 10.4. The van der Waals surface area contributed by atoms with Gasteiger partial charge in [0, 0.05) is 44.5 Å². The van der Waals surface area contributed by atoms with Gasteiger partial charge in [-0.1, -0.05) is 42.5 Å². The summed E-state index contributed by atoms with van der Waals surface area (Å²) in [4.78, 5) is 33.9. The van der Waals surface area contributed by atoms with Gasteiger partial charge in [0.2, 0.25) is 5.91 Å². The number of allylic oxidation sites excluding steroid dienone is 1. The maximum Gasteiger partial charge on any atom is 0.255 e. The quantitative estimate of drug-likeness (QED) is 0.752. The van der Waals surface area contributed by atoms with E-state index in [1.54, 1.807) is 18.5 Å². The van der Waals surface area contributed by atoms with Gasteiger partial charge in [-0.05, 0) is 42.9 Å². The highest BCUT2D eigenvalue weighted by Crippen LogP contribution is 2.31. The maximum atomic E-state index is 13.3. The molecular weight excluding hydrogens is 362 g/mol. The predicted octanol–water partition coefficient (Wildman–Crippen LogP) is 3.54. The van der Waals surface area contributed by atoms with Crippen molar-refractivity contribution in [1.29, 1.82) is 0 Å². The molecule has 5 heteroatoms. The minimum atomic E-state index is 0.00751. The molecule has 2 aliphatic rings. The molecule has 0 radical (unpaired) electrons. The summed E-state index contributed by atoms with van der Waals surface area (Å²) in [6.07, 6.45) is 10.1. The first-order chi connectivity index (χ1) is 14.2. The van der Waals surface area contributed by atoms with Gasteiger partial charge in [0.25, 0.3) is 5.91 Å². The number of pyridine rings is 1. The zero-order chi connectivity index (χ0) is 20.1. The second-order valence-electron chi connectivity index (χ2n) is 7.89. The van der Waals surface area contributed by atoms with E-state index in [1.165, 1.54) is 0 Å². The van der Waals surface area contributed by atoms with Crippen molar-refractivity contribution in [2.24, 2.45) is 11.8 Å². The number of carbonyl (C=O) groups is 2. The van der Waals surface area contributed by atoms with E-state index < -0.39 is 0 Å². The van der Waals surface area contributed by atoms with Gasteiger partial charge < -0.3 is 9.80 Å². The molecule has 5 nitrogen and oxygen atoms in total. The van der Waals surface area contributed by atoms with E-state index in [0.29, 0.717) is 37.7 Å². The van der Waals surface area contributed by atoms with Crippen LogP contribution in [0, 0.1) is 11.8 Å². The molecule has 1 atom stereocenters. The number of aromatic nitrogens is 1. The highest BCUT2D eigenvalue weighted by molar-refractivity contribution is 5.93. The molecule has 0 aliphatic carbocycles. The van der Waals surface area contributed by atoms with E-state index in [1.807, 2.05) is 34.1 Å². The SMILES string of the molecule is O=C(c1cccnc1)N1CCC([C@H]2CC=CCN(Cc3ccccc3)C2=O)CC1. The van der Waals surface area contributed by atoms with Crippen LogP contribution in [0.3, 0.4) is 0 Å². The van der Waals surface area contributed by atoms with Crippen LogP contribution in [-0.2, 0) is 11.3 Å². The smallest absolute Gasteiger partial charge is 0.255 e. The lowest BCUT2D eigenvalue weighted by molar-refractivity contribution is -0.137. The molecule has 2 aliphatic heterocycles. The lowest BCUT2D eigenvalue weighted by atomic mass is 9.81. The topological polar surface area (TPSA) is 53.5 Å². The van der Waals surface area contributed by atoms with Gasteiger partial charge in [-0.15, -0.1) is 0 Å². The largest absolute Gasteiger partial charge is 0.339 e. The zero-order valence-electron chi connectivity index (χ0n) is 16.6. The van der Waals surface area contributed by atoms with Crippen LogP contribution in [0.1, 0.15) is 35.2 Å². The second-order valence-corrected chi connectivity index (χ2v) is 7.89. The molecule has 150 valence electrons. The number of amides is 2. The molecule has 2 aromatic rings. The van der Waals surface area contributed by atoms with Crippen LogP contribution in [0.5, 0.6) is 0 Å². The van der Waals surface area contributed by atoms with Gasteiger partial charge in [0.1, 0.15) is 0 Å². The number of benzene rings is 1. The average Bonchev–Trinajstić information content (AvgIpc) is 2.96. The van der Waals surface area contributed by atoms with Crippen LogP contribution >= 0.6 is 0 Å². The van der Waals surface area contributed by atoms with Crippen molar-refractivity contribution in [3.8, 4) is 0 Å². The van der Waals surface area contributed by atoms with Crippen molar-refractivity contribution < 1.29 is 9.59 Å². The number of piperidine rings is 1. The molecule has 0 spiro atoms. The van der Waals surface area contributed by atoms with Crippen LogP contribution in [0.15, 0.2) is 67.0 Å². The fourth-order valence-electron chi connectivity index (χ4n) is 4.39. The summed E-state index contributed by atoms with van der Waals surface area (Å²) in [5, 5.41) is 0. The number of hydrogen-bond donors (Lipinski definition) is 0. The Balaban J connectivity index is 1.38. The van der Waals surface area contributed by atoms with Crippen molar-refractivity contribution >= 4 is 11.8 Å². The summed E-state index contributed by atoms with van der Waals surface area (Å²) in [5.74, 6) is 0.611. The van der Waals surface area contributed by atoms with Gasteiger partial charge >= 0.3 is 0 Å². The monoisotopic (exact) mass is 389 g/mol. The lowest BCUT2D eigenvalue weighted by Crippen LogP contribution is -2.44. The Labute approximate surface area is 172 Å². The highest BCUT2D eigenvalue weighted by Gasteiger charge is 2.35. The van der Waals surface area contributed by atoms with Gasteiger partial charge in [0.05, 0.1) is 5.56 Å². The Bertz CT molecular complexity index is 858. The first kappa shape index (κ1) is 19.4. The molecule has 0 N–H and O–H groups in total. The van der Waals surface area contributed by atoms with Crippen molar-refractivity contribution in [3.05, 3.63) is 78.1 Å². The fraction of sp³-hybridized carbons (Fsp3) is 0.375. The molecule has 3 heterocycles. The summed E-state index contributed by atoms with van der Waals surface area (Å²) in [7, 11) is 0. The van der Waals surface area contributed by atoms with Crippen LogP contribution in [0.2, 0.25) is 0 Å². The molecule has 4 rings (SSSR count). The third kappa shape index (κ3) is 4.56. The van der Waals surface area contributed by atoms with Gasteiger partial charge in [-0.25, -0.2) is 0 Å². The normalized spacial score (nSPS) is 20.6. The molecule has 0 saturated carbocycles. The van der Waals surface area contributed by atoms with Gasteiger partial charge in [-0.2, -0.15) is 0 Å². The minimum Gasteiger partial charge on any atom is -0.339 e. The van der Waals surface area contributed by atoms with Crippen LogP contribution in [0.4, 0.5) is 0 Å². The van der Waals surface area contributed by atoms with E-state index in [0.717, 1.165) is 24.8 Å². The van der Waals surface area contributed by atoms with E-state index in [4.69, 9.17) is 0 Å². The fourth-order valence-corrected chi connectivity index (χ4v) is 4.39. The summed E-state index contributed by atoms with van der Waals surface area (Å²) >= 11 is 0. The van der Waals surface area contributed by atoms with Crippen LogP contribution < -0.4 is 0 Å². The van der Waals surface area contributed by atoms with Gasteiger partial charge in [0.15, 0.2) is 0 Å². The minimum absolute atomic E-state index is 0.00751. The molecule has 1 aromatic carbocycles. The molecule has 0 unspecified atom stereocenters. The Morgan fingerprint density at radius 1 is 1.03 bits per heavy atom. The standard InChI is InChI=1S/C24H27N3O2/c28-23(21-9-6-13-25-17-21)26-15-11-20(12-16-26)22-10-4-5-14-27(24(22)29)18-19-7-2-1-3-8-19/h1-9,13,17,20,22H,10-12,14-16,18H2/t22-/m1/s1. The highest BCUT2D eigenvalue weighted by atomic mass is 16.2. The molecular formula is C24H27N3O2. The van der Waals surface area contributed by atoms with E-state index in [2.05, 4.69) is 29.3 Å². The predicted molar refractivity (Wildman–Crippen MR) is 112 cm³/mol. The third-order valence-electron chi connectivity index (χ3n) is 6.03. The van der Waals surface area contributed by atoms with Gasteiger partial charge in [-0.3, -0.25) is 14.6 Å². The summed E-state index contributed by atoms with van der Waals surface area (Å²) < 4.78 is 0. The lowest BCUT2D eigenvalue weighted by Gasteiger charge is -2.36. The summed E-state index contributed by atoms with van der Waals surface area (Å²) in [5.41, 5.74) is 1.79. The zero-order valence-corrected chi connectivity index (χ0v) is 16.6. The molecule has 29 heavy (non-hydrogen) atoms. The molecule has 1 saturated heterocycles. The summed E-state index contributed by atoms with van der Waals surface area (Å²) in [6, 6.07) is 13.8. The molecule has 2 amide bonds. The van der Waals surface area contributed by atoms with E-state index in [-0.39, 0.29) is 17.7 Å². The first-order valence-electron chi connectivity index (χ1n) is 10.4. The van der Waals surface area contributed by atoms with Crippen molar-refractivity contribution in [1.82, 2.24) is 14.8 Å². The van der Waals surface area contributed by atoms with Crippen molar-refractivity contribution in [3.63, 3.8) is 0 Å². The molecule has 0 bridgehead atoms. The Kier molecular flexibility index (Phi) is 6.03. The van der Waals surface area contributed by atoms with Crippen molar-refractivity contribution in [2.45, 2.75) is 25.8 Å². The van der Waals surface area contributed by atoms with Crippen LogP contribution in [-0.4, -0.2) is 46.2 Å². The average molecular weight is 389 g/mol. The number of rotatable bonds is 4. The van der Waals surface area contributed by atoms with E-state index >= 15 is 0 Å². The maximum absolute atomic E-state index is 13.3. The molecule has 1 aromatic heterocycles. The molecule has 1 fully saturated rings. The van der Waals surface area contributed by atoms with E-state index in [9.17, 15) is 9.59 Å². The Morgan fingerprint density at radius 2 is 1.83 bits per heavy atom. The number of hydrogen-bond acceptors (Lipinski definition) is 3. The third-order valence-corrected chi connectivity index (χ3v) is 6.03. The Hall–Kier alpha value is -2.95. The number of carbonyl (C=O) groups excluding carboxylic acids is 2. The van der Waals surface area contributed by atoms with Crippen molar-refractivity contribution in [2.75, 3.05) is 19.6 Å². The second kappa shape index (κ2) is 9.03. The van der Waals surface area contributed by atoms with Crippen LogP contribution in [0.25, 0.3) is 0 Å². The number of nitrogens with zero attached hydrogens (tertiary/aromatic N) is 3. The summed E-state index contributed by atoms with van der Waals surface area (Å²) in [6.45, 7) is 2.72. The number of likely N-dealkylation sites (tertiary alicyclic amines) is 1.